The third kappa shape index (κ3) is 5.63. The van der Waals surface area contributed by atoms with Crippen molar-refractivity contribution < 1.29 is 14.3 Å². The highest BCUT2D eigenvalue weighted by atomic mass is 32.1. The Kier molecular flexibility index (Phi) is 8.24. The zero-order valence-electron chi connectivity index (χ0n) is 15.9. The molecule has 1 fully saturated rings. The van der Waals surface area contributed by atoms with Crippen LogP contribution in [0.15, 0.2) is 0 Å². The molecule has 0 bridgehead atoms. The number of piperidine rings is 1. The van der Waals surface area contributed by atoms with E-state index >= 15 is 0 Å². The summed E-state index contributed by atoms with van der Waals surface area (Å²) in [6.07, 6.45) is 2.05. The highest BCUT2D eigenvalue weighted by Gasteiger charge is 2.29. The Labute approximate surface area is 158 Å². The molecule has 0 radical (unpaired) electrons. The third-order valence-electron chi connectivity index (χ3n) is 4.53. The predicted molar refractivity (Wildman–Crippen MR) is 101 cm³/mol. The maximum atomic E-state index is 12.4. The number of hydrogen-bond acceptors (Lipinski definition) is 6. The molecule has 0 unspecified atom stereocenters. The number of rotatable bonds is 8. The topological polar surface area (TPSA) is 87.7 Å². The summed E-state index contributed by atoms with van der Waals surface area (Å²) in [6.45, 7) is 9.84. The Morgan fingerprint density at radius 2 is 1.92 bits per heavy atom. The lowest BCUT2D eigenvalue weighted by Crippen LogP contribution is -2.47. The van der Waals surface area contributed by atoms with Crippen LogP contribution >= 0.6 is 11.3 Å². The van der Waals surface area contributed by atoms with Gasteiger partial charge >= 0.3 is 6.03 Å². The smallest absolute Gasteiger partial charge is 0.319 e. The molecule has 0 saturated carbocycles. The van der Waals surface area contributed by atoms with Crippen molar-refractivity contribution in [1.29, 1.82) is 0 Å². The van der Waals surface area contributed by atoms with Crippen LogP contribution in [0.5, 0.6) is 0 Å². The lowest BCUT2D eigenvalue weighted by atomic mass is 9.96. The third-order valence-corrected chi connectivity index (χ3v) is 5.43. The Morgan fingerprint density at radius 3 is 2.54 bits per heavy atom. The Morgan fingerprint density at radius 1 is 1.23 bits per heavy atom. The predicted octanol–water partition coefficient (Wildman–Crippen LogP) is 2.23. The van der Waals surface area contributed by atoms with Crippen LogP contribution in [0, 0.1) is 5.92 Å². The van der Waals surface area contributed by atoms with E-state index < -0.39 is 0 Å². The van der Waals surface area contributed by atoms with E-state index in [1.165, 1.54) is 11.3 Å². The zero-order valence-corrected chi connectivity index (χ0v) is 16.7. The number of aromatic nitrogens is 2. The van der Waals surface area contributed by atoms with Crippen molar-refractivity contribution in [3.05, 3.63) is 5.01 Å². The van der Waals surface area contributed by atoms with Crippen molar-refractivity contribution in [3.63, 3.8) is 0 Å². The number of carbonyl (C=O) groups excluding carboxylic acids is 2. The van der Waals surface area contributed by atoms with E-state index in [2.05, 4.69) is 15.5 Å². The normalized spacial score (nSPS) is 15.1. The molecule has 26 heavy (non-hydrogen) atoms. The highest BCUT2D eigenvalue weighted by Crippen LogP contribution is 2.22. The number of ether oxygens (including phenoxy) is 1. The van der Waals surface area contributed by atoms with Gasteiger partial charge in [-0.3, -0.25) is 4.79 Å². The molecule has 146 valence electrons. The van der Waals surface area contributed by atoms with Crippen molar-refractivity contribution in [2.24, 2.45) is 5.92 Å². The molecule has 8 nitrogen and oxygen atoms in total. The molecule has 0 spiro atoms. The summed E-state index contributed by atoms with van der Waals surface area (Å²) in [5.41, 5.74) is 0. The summed E-state index contributed by atoms with van der Waals surface area (Å²) >= 11 is 1.39. The molecule has 0 aliphatic carbocycles. The van der Waals surface area contributed by atoms with Gasteiger partial charge in [-0.25, -0.2) is 4.79 Å². The molecular weight excluding hydrogens is 354 g/mol. The van der Waals surface area contributed by atoms with Gasteiger partial charge in [0.25, 0.3) is 0 Å². The van der Waals surface area contributed by atoms with Crippen LogP contribution in [0.4, 0.5) is 9.93 Å². The van der Waals surface area contributed by atoms with Crippen molar-refractivity contribution >= 4 is 28.4 Å². The minimum atomic E-state index is -0.0912. The van der Waals surface area contributed by atoms with Crippen LogP contribution in [-0.4, -0.2) is 71.3 Å². The molecule has 3 amide bonds. The maximum Gasteiger partial charge on any atom is 0.319 e. The van der Waals surface area contributed by atoms with E-state index in [4.69, 9.17) is 4.74 Å². The lowest BCUT2D eigenvalue weighted by molar-refractivity contribution is -0.121. The molecule has 2 heterocycles. The first kappa shape index (κ1) is 20.6. The van der Waals surface area contributed by atoms with Crippen LogP contribution in [0.3, 0.4) is 0 Å². The van der Waals surface area contributed by atoms with Crippen LogP contribution in [0.25, 0.3) is 0 Å². The number of hydrogen-bond donors (Lipinski definition) is 1. The van der Waals surface area contributed by atoms with Crippen molar-refractivity contribution in [1.82, 2.24) is 20.0 Å². The van der Waals surface area contributed by atoms with Gasteiger partial charge in [-0.05, 0) is 33.6 Å². The first-order valence-electron chi connectivity index (χ1n) is 9.33. The number of urea groups is 1. The van der Waals surface area contributed by atoms with Gasteiger partial charge in [0, 0.05) is 45.1 Å². The van der Waals surface area contributed by atoms with Crippen molar-refractivity contribution in [2.45, 2.75) is 40.0 Å². The summed E-state index contributed by atoms with van der Waals surface area (Å²) in [6, 6.07) is 0.0666. The van der Waals surface area contributed by atoms with Gasteiger partial charge in [-0.2, -0.15) is 0 Å². The minimum Gasteiger partial charge on any atom is -0.381 e. The lowest BCUT2D eigenvalue weighted by Gasteiger charge is -2.34. The summed E-state index contributed by atoms with van der Waals surface area (Å²) < 4.78 is 5.30. The molecule has 0 aromatic carbocycles. The first-order valence-corrected chi connectivity index (χ1v) is 10.1. The van der Waals surface area contributed by atoms with E-state index in [9.17, 15) is 9.59 Å². The molecule has 1 aromatic heterocycles. The van der Waals surface area contributed by atoms with E-state index in [-0.39, 0.29) is 17.9 Å². The summed E-state index contributed by atoms with van der Waals surface area (Å²) in [5, 5.41) is 12.4. The van der Waals surface area contributed by atoms with Gasteiger partial charge in [0.2, 0.25) is 11.0 Å². The summed E-state index contributed by atoms with van der Waals surface area (Å²) in [5.74, 6) is -0.126. The van der Waals surface area contributed by atoms with Crippen molar-refractivity contribution in [2.75, 3.05) is 44.7 Å². The van der Waals surface area contributed by atoms with E-state index in [0.717, 1.165) is 5.01 Å². The average Bonchev–Trinajstić information content (AvgIpc) is 3.10. The van der Waals surface area contributed by atoms with Gasteiger partial charge in [0.05, 0.1) is 6.61 Å². The summed E-state index contributed by atoms with van der Waals surface area (Å²) in [7, 11) is 0. The minimum absolute atomic E-state index is 0.0348. The number of carbonyl (C=O) groups is 2. The molecule has 1 aliphatic heterocycles. The molecule has 1 aliphatic rings. The van der Waals surface area contributed by atoms with Gasteiger partial charge in [0.1, 0.15) is 5.01 Å². The number of likely N-dealkylation sites (tertiary alicyclic amines) is 1. The van der Waals surface area contributed by atoms with Gasteiger partial charge < -0.3 is 19.9 Å². The molecule has 1 aromatic rings. The molecule has 1 N–H and O–H groups in total. The fraction of sp³-hybridized carbons (Fsp3) is 0.765. The molecule has 0 atom stereocenters. The maximum absolute atomic E-state index is 12.4. The van der Waals surface area contributed by atoms with Crippen LogP contribution in [-0.2, 0) is 16.0 Å². The van der Waals surface area contributed by atoms with E-state index in [1.54, 1.807) is 0 Å². The zero-order chi connectivity index (χ0) is 18.9. The SMILES string of the molecule is CCOCCc1nnc(NC(=O)C2CCN(C(=O)N(CC)CC)CC2)s1. The number of amides is 3. The first-order chi connectivity index (χ1) is 12.6. The molecule has 1 saturated heterocycles. The molecule has 9 heteroatoms. The van der Waals surface area contributed by atoms with Crippen molar-refractivity contribution in [3.8, 4) is 0 Å². The fourth-order valence-electron chi connectivity index (χ4n) is 2.94. The van der Waals surface area contributed by atoms with Gasteiger partial charge in [-0.15, -0.1) is 10.2 Å². The summed E-state index contributed by atoms with van der Waals surface area (Å²) in [4.78, 5) is 28.5. The largest absolute Gasteiger partial charge is 0.381 e. The second-order valence-corrected chi connectivity index (χ2v) is 7.22. The second-order valence-electron chi connectivity index (χ2n) is 6.15. The highest BCUT2D eigenvalue weighted by molar-refractivity contribution is 7.15. The van der Waals surface area contributed by atoms with E-state index in [1.807, 2.05) is 30.6 Å². The fourth-order valence-corrected chi connectivity index (χ4v) is 3.67. The molecule has 2 rings (SSSR count). The Bertz CT molecular complexity index is 583. The van der Waals surface area contributed by atoms with Crippen LogP contribution in [0.1, 0.15) is 38.6 Å². The molecular formula is C17H29N5O3S. The quantitative estimate of drug-likeness (QED) is 0.696. The van der Waals surface area contributed by atoms with Crippen LogP contribution in [0.2, 0.25) is 0 Å². The Balaban J connectivity index is 1.78. The average molecular weight is 384 g/mol. The number of nitrogens with zero attached hydrogens (tertiary/aromatic N) is 4. The number of nitrogens with one attached hydrogen (secondary N) is 1. The van der Waals surface area contributed by atoms with Gasteiger partial charge in [-0.1, -0.05) is 11.3 Å². The van der Waals surface area contributed by atoms with E-state index in [0.29, 0.717) is 63.8 Å². The second kappa shape index (κ2) is 10.4. The monoisotopic (exact) mass is 383 g/mol. The van der Waals surface area contributed by atoms with Gasteiger partial charge in [0.15, 0.2) is 0 Å². The standard InChI is InChI=1S/C17H29N5O3S/c1-4-21(5-2)17(24)22-10-7-13(8-11-22)15(23)18-16-20-19-14(26-16)9-12-25-6-3/h13H,4-12H2,1-3H3,(H,18,20,23). The Hall–Kier alpha value is -1.74. The number of anilines is 1. The van der Waals surface area contributed by atoms with Crippen LogP contribution < -0.4 is 5.32 Å².